The smallest absolute Gasteiger partial charge is 0.335 e. The number of aromatic carboxylic acids is 1. The Labute approximate surface area is 162 Å². The van der Waals surface area contributed by atoms with Gasteiger partial charge < -0.3 is 14.9 Å². The molecule has 0 bridgehead atoms. The van der Waals surface area contributed by atoms with Crippen molar-refractivity contribution < 1.29 is 9.90 Å². The molecule has 0 unspecified atom stereocenters. The first-order valence-electron chi connectivity index (χ1n) is 8.76. The third-order valence-electron chi connectivity index (χ3n) is 4.84. The standard InChI is InChI=1S/C20H19ClN4O2/c1-24-8-10-25(11-9-24)19-15-12-13(20(26)27)6-7-17(15)22-18(23-19)14-4-2-3-5-16(14)21/h2-7,12H,8-11H2,1H3,(H,26,27). The van der Waals surface area contributed by atoms with Gasteiger partial charge in [-0.2, -0.15) is 0 Å². The van der Waals surface area contributed by atoms with Gasteiger partial charge in [-0.05, 0) is 37.4 Å². The van der Waals surface area contributed by atoms with Crippen LogP contribution in [0.3, 0.4) is 0 Å². The van der Waals surface area contributed by atoms with E-state index in [0.29, 0.717) is 16.4 Å². The first kappa shape index (κ1) is 17.7. The number of fused-ring (bicyclic) bond motifs is 1. The Morgan fingerprint density at radius 3 is 2.52 bits per heavy atom. The number of nitrogens with zero attached hydrogens (tertiary/aromatic N) is 4. The van der Waals surface area contributed by atoms with E-state index in [1.165, 1.54) is 0 Å². The minimum atomic E-state index is -0.962. The van der Waals surface area contributed by atoms with E-state index in [9.17, 15) is 9.90 Å². The Morgan fingerprint density at radius 1 is 1.07 bits per heavy atom. The Hall–Kier alpha value is -2.70. The van der Waals surface area contributed by atoms with Crippen LogP contribution in [-0.4, -0.2) is 59.2 Å². The largest absolute Gasteiger partial charge is 0.478 e. The van der Waals surface area contributed by atoms with Crippen LogP contribution in [0.5, 0.6) is 0 Å². The second-order valence-electron chi connectivity index (χ2n) is 6.68. The average Bonchev–Trinajstić information content (AvgIpc) is 2.67. The summed E-state index contributed by atoms with van der Waals surface area (Å²) >= 11 is 6.36. The number of piperazine rings is 1. The fraction of sp³-hybridized carbons (Fsp3) is 0.250. The SMILES string of the molecule is CN1CCN(c2nc(-c3ccccc3Cl)nc3ccc(C(=O)O)cc23)CC1. The van der Waals surface area contributed by atoms with Gasteiger partial charge in [0.25, 0.3) is 0 Å². The molecule has 1 saturated heterocycles. The average molecular weight is 383 g/mol. The number of carboxylic acids is 1. The van der Waals surface area contributed by atoms with Crippen LogP contribution < -0.4 is 4.90 Å². The first-order valence-corrected chi connectivity index (χ1v) is 9.14. The Morgan fingerprint density at radius 2 is 1.81 bits per heavy atom. The Balaban J connectivity index is 1.91. The van der Waals surface area contributed by atoms with Crippen molar-refractivity contribution >= 4 is 34.3 Å². The summed E-state index contributed by atoms with van der Waals surface area (Å²) in [5, 5.41) is 10.7. The molecule has 0 radical (unpaired) electrons. The molecule has 7 heteroatoms. The summed E-state index contributed by atoms with van der Waals surface area (Å²) in [5.74, 6) is 0.340. The molecule has 1 fully saturated rings. The van der Waals surface area contributed by atoms with Gasteiger partial charge >= 0.3 is 5.97 Å². The zero-order chi connectivity index (χ0) is 19.0. The zero-order valence-electron chi connectivity index (χ0n) is 14.9. The van der Waals surface area contributed by atoms with Gasteiger partial charge in [-0.15, -0.1) is 0 Å². The van der Waals surface area contributed by atoms with E-state index >= 15 is 0 Å². The van der Waals surface area contributed by atoms with E-state index in [1.54, 1.807) is 18.2 Å². The second-order valence-corrected chi connectivity index (χ2v) is 7.09. The fourth-order valence-corrected chi connectivity index (χ4v) is 3.49. The van der Waals surface area contributed by atoms with Crippen molar-refractivity contribution in [1.29, 1.82) is 0 Å². The van der Waals surface area contributed by atoms with Crippen LogP contribution in [0, 0.1) is 0 Å². The number of carbonyl (C=O) groups is 1. The van der Waals surface area contributed by atoms with Crippen LogP contribution in [0.25, 0.3) is 22.3 Å². The number of halogens is 1. The summed E-state index contributed by atoms with van der Waals surface area (Å²) < 4.78 is 0. The summed E-state index contributed by atoms with van der Waals surface area (Å²) in [6.45, 7) is 3.49. The quantitative estimate of drug-likeness (QED) is 0.748. The molecule has 2 aromatic carbocycles. The minimum absolute atomic E-state index is 0.229. The number of anilines is 1. The number of hydrogen-bond acceptors (Lipinski definition) is 5. The lowest BCUT2D eigenvalue weighted by Crippen LogP contribution is -2.45. The Kier molecular flexibility index (Phi) is 4.68. The summed E-state index contributed by atoms with van der Waals surface area (Å²) in [4.78, 5) is 25.3. The van der Waals surface area contributed by atoms with Crippen molar-refractivity contribution in [3.8, 4) is 11.4 Å². The molecular formula is C20H19ClN4O2. The normalized spacial score (nSPS) is 15.3. The molecule has 0 spiro atoms. The van der Waals surface area contributed by atoms with Gasteiger partial charge in [0, 0.05) is 37.1 Å². The molecule has 0 amide bonds. The summed E-state index contributed by atoms with van der Waals surface area (Å²) in [5.41, 5.74) is 1.70. The van der Waals surface area contributed by atoms with Gasteiger partial charge in [0.2, 0.25) is 0 Å². The van der Waals surface area contributed by atoms with E-state index in [1.807, 2.05) is 24.3 Å². The maximum atomic E-state index is 11.4. The first-order chi connectivity index (χ1) is 13.0. The van der Waals surface area contributed by atoms with Crippen LogP contribution in [-0.2, 0) is 0 Å². The number of hydrogen-bond donors (Lipinski definition) is 1. The van der Waals surface area contributed by atoms with Gasteiger partial charge in [0.15, 0.2) is 5.82 Å². The number of rotatable bonds is 3. The number of likely N-dealkylation sites (N-methyl/N-ethyl adjacent to an activating group) is 1. The van der Waals surface area contributed by atoms with Gasteiger partial charge in [-0.25, -0.2) is 14.8 Å². The minimum Gasteiger partial charge on any atom is -0.478 e. The van der Waals surface area contributed by atoms with Crippen LogP contribution in [0.15, 0.2) is 42.5 Å². The van der Waals surface area contributed by atoms with Crippen molar-refractivity contribution in [2.45, 2.75) is 0 Å². The highest BCUT2D eigenvalue weighted by Crippen LogP contribution is 2.31. The van der Waals surface area contributed by atoms with Gasteiger partial charge in [0.05, 0.1) is 16.1 Å². The lowest BCUT2D eigenvalue weighted by atomic mass is 10.1. The highest BCUT2D eigenvalue weighted by atomic mass is 35.5. The van der Waals surface area contributed by atoms with Gasteiger partial charge in [-0.3, -0.25) is 0 Å². The maximum Gasteiger partial charge on any atom is 0.335 e. The molecule has 4 rings (SSSR count). The topological polar surface area (TPSA) is 69.6 Å². The van der Waals surface area contributed by atoms with Crippen LogP contribution in [0.2, 0.25) is 5.02 Å². The molecule has 1 N–H and O–H groups in total. The molecule has 3 aromatic rings. The molecule has 6 nitrogen and oxygen atoms in total. The number of benzene rings is 2. The highest BCUT2D eigenvalue weighted by Gasteiger charge is 2.21. The molecule has 2 heterocycles. The number of aromatic nitrogens is 2. The molecule has 1 aliphatic heterocycles. The highest BCUT2D eigenvalue weighted by molar-refractivity contribution is 6.33. The van der Waals surface area contributed by atoms with Crippen LogP contribution in [0.4, 0.5) is 5.82 Å². The van der Waals surface area contributed by atoms with Crippen molar-refractivity contribution in [1.82, 2.24) is 14.9 Å². The molecule has 0 aliphatic carbocycles. The van der Waals surface area contributed by atoms with E-state index in [-0.39, 0.29) is 5.56 Å². The molecule has 1 aliphatic rings. The predicted octanol–water partition coefficient (Wildman–Crippen LogP) is 3.40. The van der Waals surface area contributed by atoms with Crippen molar-refractivity contribution in [3.05, 3.63) is 53.1 Å². The third kappa shape index (κ3) is 3.46. The molecule has 1 aromatic heterocycles. The van der Waals surface area contributed by atoms with Gasteiger partial charge in [0.1, 0.15) is 5.82 Å². The van der Waals surface area contributed by atoms with E-state index in [4.69, 9.17) is 16.6 Å². The molecule has 27 heavy (non-hydrogen) atoms. The molecule has 138 valence electrons. The monoisotopic (exact) mass is 382 g/mol. The fourth-order valence-electron chi connectivity index (χ4n) is 3.27. The van der Waals surface area contributed by atoms with Crippen molar-refractivity contribution in [2.24, 2.45) is 0 Å². The summed E-state index contributed by atoms with van der Waals surface area (Å²) in [7, 11) is 2.09. The lowest BCUT2D eigenvalue weighted by molar-refractivity contribution is 0.0697. The maximum absolute atomic E-state index is 11.4. The predicted molar refractivity (Wildman–Crippen MR) is 107 cm³/mol. The van der Waals surface area contributed by atoms with Crippen LogP contribution >= 0.6 is 11.6 Å². The van der Waals surface area contributed by atoms with Crippen molar-refractivity contribution in [3.63, 3.8) is 0 Å². The summed E-state index contributed by atoms with van der Waals surface area (Å²) in [6.07, 6.45) is 0. The van der Waals surface area contributed by atoms with Gasteiger partial charge in [-0.1, -0.05) is 23.7 Å². The van der Waals surface area contributed by atoms with E-state index < -0.39 is 5.97 Å². The summed E-state index contributed by atoms with van der Waals surface area (Å²) in [6, 6.07) is 12.4. The van der Waals surface area contributed by atoms with Crippen molar-refractivity contribution in [2.75, 3.05) is 38.1 Å². The molecule has 0 saturated carbocycles. The molecular weight excluding hydrogens is 364 g/mol. The van der Waals surface area contributed by atoms with E-state index in [0.717, 1.165) is 42.9 Å². The molecule has 0 atom stereocenters. The second kappa shape index (κ2) is 7.13. The van der Waals surface area contributed by atoms with Crippen LogP contribution in [0.1, 0.15) is 10.4 Å². The third-order valence-corrected chi connectivity index (χ3v) is 5.17. The number of carboxylic acid groups (broad SMARTS) is 1. The lowest BCUT2D eigenvalue weighted by Gasteiger charge is -2.34. The zero-order valence-corrected chi connectivity index (χ0v) is 15.6. The van der Waals surface area contributed by atoms with E-state index in [2.05, 4.69) is 21.8 Å². The Bertz CT molecular complexity index is 1020.